The van der Waals surface area contributed by atoms with Gasteiger partial charge in [0.1, 0.15) is 5.82 Å². The van der Waals surface area contributed by atoms with Gasteiger partial charge in [-0.05, 0) is 48.0 Å². The highest BCUT2D eigenvalue weighted by molar-refractivity contribution is 9.10. The summed E-state index contributed by atoms with van der Waals surface area (Å²) in [5.74, 6) is -0.172. The van der Waals surface area contributed by atoms with Gasteiger partial charge in [-0.2, -0.15) is 11.3 Å². The van der Waals surface area contributed by atoms with Crippen LogP contribution < -0.4 is 5.32 Å². The van der Waals surface area contributed by atoms with Crippen molar-refractivity contribution in [2.24, 2.45) is 0 Å². The van der Waals surface area contributed by atoms with E-state index in [0.717, 1.165) is 10.9 Å². The number of thiophene rings is 1. The minimum atomic E-state index is -0.172. The van der Waals surface area contributed by atoms with Gasteiger partial charge in [0.2, 0.25) is 0 Å². The van der Waals surface area contributed by atoms with Crippen molar-refractivity contribution in [1.29, 1.82) is 0 Å². The van der Waals surface area contributed by atoms with Crippen LogP contribution in [0.1, 0.15) is 17.2 Å². The summed E-state index contributed by atoms with van der Waals surface area (Å²) in [4.78, 5) is 0. The molecule has 1 nitrogen and oxygen atoms in total. The second kappa shape index (κ2) is 5.76. The summed E-state index contributed by atoms with van der Waals surface area (Å²) in [6, 6.07) is 7.29. The van der Waals surface area contributed by atoms with E-state index in [1.807, 2.05) is 24.6 Å². The average Bonchev–Trinajstić information content (AvgIpc) is 2.79. The molecule has 90 valence electrons. The predicted octanol–water partition coefficient (Wildman–Crippen LogP) is 4.15. The first kappa shape index (κ1) is 12.7. The molecule has 0 saturated carbocycles. The molecule has 1 unspecified atom stereocenters. The monoisotopic (exact) mass is 313 g/mol. The van der Waals surface area contributed by atoms with Gasteiger partial charge in [0.05, 0.1) is 0 Å². The lowest BCUT2D eigenvalue weighted by Gasteiger charge is -2.17. The van der Waals surface area contributed by atoms with Crippen LogP contribution >= 0.6 is 27.3 Å². The van der Waals surface area contributed by atoms with Crippen LogP contribution in [0.5, 0.6) is 0 Å². The van der Waals surface area contributed by atoms with Crippen LogP contribution in [0.4, 0.5) is 4.39 Å². The third kappa shape index (κ3) is 3.15. The number of rotatable bonds is 4. The van der Waals surface area contributed by atoms with Gasteiger partial charge in [-0.25, -0.2) is 4.39 Å². The normalized spacial score (nSPS) is 12.6. The number of likely N-dealkylation sites (N-methyl/N-ethyl adjacent to an activating group) is 1. The Bertz CT molecular complexity index is 484. The van der Waals surface area contributed by atoms with Gasteiger partial charge in [0.25, 0.3) is 0 Å². The van der Waals surface area contributed by atoms with E-state index in [2.05, 4.69) is 32.7 Å². The first-order valence-electron chi connectivity index (χ1n) is 5.34. The van der Waals surface area contributed by atoms with Crippen molar-refractivity contribution < 1.29 is 4.39 Å². The molecule has 0 aliphatic rings. The molecule has 0 spiro atoms. The van der Waals surface area contributed by atoms with Gasteiger partial charge < -0.3 is 5.32 Å². The van der Waals surface area contributed by atoms with Crippen LogP contribution in [-0.2, 0) is 6.42 Å². The van der Waals surface area contributed by atoms with Crippen LogP contribution in [0.2, 0.25) is 0 Å². The maximum Gasteiger partial charge on any atom is 0.129 e. The van der Waals surface area contributed by atoms with E-state index < -0.39 is 0 Å². The lowest BCUT2D eigenvalue weighted by Crippen LogP contribution is -2.19. The summed E-state index contributed by atoms with van der Waals surface area (Å²) in [7, 11) is 1.86. The average molecular weight is 314 g/mol. The Hall–Kier alpha value is -0.710. The molecule has 0 aliphatic heterocycles. The van der Waals surface area contributed by atoms with Gasteiger partial charge in [-0.3, -0.25) is 0 Å². The Morgan fingerprint density at radius 1 is 1.41 bits per heavy atom. The molecular formula is C13H13BrFNS. The van der Waals surface area contributed by atoms with Gasteiger partial charge in [0.15, 0.2) is 0 Å². The fourth-order valence-electron chi connectivity index (χ4n) is 1.80. The molecule has 0 fully saturated rings. The molecule has 0 saturated heterocycles. The van der Waals surface area contributed by atoms with Gasteiger partial charge >= 0.3 is 0 Å². The third-order valence-corrected chi connectivity index (χ3v) is 3.93. The van der Waals surface area contributed by atoms with Crippen LogP contribution in [0.3, 0.4) is 0 Å². The third-order valence-electron chi connectivity index (χ3n) is 2.71. The molecule has 0 bridgehead atoms. The molecule has 1 atom stereocenters. The predicted molar refractivity (Wildman–Crippen MR) is 73.9 cm³/mol. The fourth-order valence-corrected chi connectivity index (χ4v) is 2.81. The Morgan fingerprint density at radius 2 is 2.24 bits per heavy atom. The SMILES string of the molecule is CNC(Cc1ccsc1)c1ccc(Br)cc1F. The lowest BCUT2D eigenvalue weighted by molar-refractivity contribution is 0.534. The van der Waals surface area contributed by atoms with Crippen molar-refractivity contribution in [1.82, 2.24) is 5.32 Å². The fraction of sp³-hybridized carbons (Fsp3) is 0.231. The maximum absolute atomic E-state index is 13.8. The van der Waals surface area contributed by atoms with Gasteiger partial charge in [-0.15, -0.1) is 0 Å². The van der Waals surface area contributed by atoms with E-state index >= 15 is 0 Å². The summed E-state index contributed by atoms with van der Waals surface area (Å²) in [6.45, 7) is 0. The largest absolute Gasteiger partial charge is 0.313 e. The zero-order valence-corrected chi connectivity index (χ0v) is 11.8. The van der Waals surface area contributed by atoms with Gasteiger partial charge in [0, 0.05) is 16.1 Å². The molecule has 2 aromatic rings. The first-order valence-corrected chi connectivity index (χ1v) is 7.07. The lowest BCUT2D eigenvalue weighted by atomic mass is 10.0. The minimum Gasteiger partial charge on any atom is -0.313 e. The van der Waals surface area contributed by atoms with E-state index in [1.54, 1.807) is 11.3 Å². The quantitative estimate of drug-likeness (QED) is 0.894. The van der Waals surface area contributed by atoms with E-state index in [0.29, 0.717) is 5.56 Å². The van der Waals surface area contributed by atoms with Crippen molar-refractivity contribution in [3.63, 3.8) is 0 Å². The molecular weight excluding hydrogens is 301 g/mol. The standard InChI is InChI=1S/C13H13BrFNS/c1-16-13(6-9-4-5-17-8-9)11-3-2-10(14)7-12(11)15/h2-5,7-8,13,16H,6H2,1H3. The smallest absolute Gasteiger partial charge is 0.129 e. The zero-order chi connectivity index (χ0) is 12.3. The highest BCUT2D eigenvalue weighted by atomic mass is 79.9. The number of benzene rings is 1. The van der Waals surface area contributed by atoms with Crippen LogP contribution in [0.15, 0.2) is 39.5 Å². The molecule has 1 aromatic carbocycles. The van der Waals surface area contributed by atoms with Crippen molar-refractivity contribution in [3.8, 4) is 0 Å². The maximum atomic E-state index is 13.8. The number of hydrogen-bond acceptors (Lipinski definition) is 2. The Balaban J connectivity index is 2.23. The second-order valence-electron chi connectivity index (χ2n) is 3.84. The zero-order valence-electron chi connectivity index (χ0n) is 9.41. The van der Waals surface area contributed by atoms with Crippen molar-refractivity contribution in [2.75, 3.05) is 7.05 Å². The second-order valence-corrected chi connectivity index (χ2v) is 5.54. The topological polar surface area (TPSA) is 12.0 Å². The highest BCUT2D eigenvalue weighted by Crippen LogP contribution is 2.24. The summed E-state index contributed by atoms with van der Waals surface area (Å²) in [6.07, 6.45) is 0.804. The van der Waals surface area contributed by atoms with Crippen molar-refractivity contribution in [2.45, 2.75) is 12.5 Å². The molecule has 0 aliphatic carbocycles. The molecule has 4 heteroatoms. The number of hydrogen-bond donors (Lipinski definition) is 1. The van der Waals surface area contributed by atoms with Crippen molar-refractivity contribution >= 4 is 27.3 Å². The number of nitrogens with one attached hydrogen (secondary N) is 1. The summed E-state index contributed by atoms with van der Waals surface area (Å²) in [5.41, 5.74) is 1.94. The summed E-state index contributed by atoms with van der Waals surface area (Å²) >= 11 is 4.93. The van der Waals surface area contributed by atoms with Gasteiger partial charge in [-0.1, -0.05) is 22.0 Å². The molecule has 2 rings (SSSR count). The van der Waals surface area contributed by atoms with Crippen LogP contribution in [0, 0.1) is 5.82 Å². The molecule has 0 radical (unpaired) electrons. The summed E-state index contributed by atoms with van der Waals surface area (Å²) in [5, 5.41) is 7.31. The molecule has 1 N–H and O–H groups in total. The Morgan fingerprint density at radius 3 is 2.82 bits per heavy atom. The van der Waals surface area contributed by atoms with E-state index in [9.17, 15) is 4.39 Å². The van der Waals surface area contributed by atoms with Crippen LogP contribution in [0.25, 0.3) is 0 Å². The van der Waals surface area contributed by atoms with Crippen molar-refractivity contribution in [3.05, 3.63) is 56.4 Å². The molecule has 0 amide bonds. The van der Waals surface area contributed by atoms with E-state index in [4.69, 9.17) is 0 Å². The first-order chi connectivity index (χ1) is 8.20. The summed E-state index contributed by atoms with van der Waals surface area (Å²) < 4.78 is 14.6. The number of halogens is 2. The molecule has 1 aromatic heterocycles. The minimum absolute atomic E-state index is 0.0118. The molecule has 1 heterocycles. The van der Waals surface area contributed by atoms with E-state index in [-0.39, 0.29) is 11.9 Å². The van der Waals surface area contributed by atoms with E-state index in [1.165, 1.54) is 11.6 Å². The molecule has 17 heavy (non-hydrogen) atoms. The Labute approximate surface area is 113 Å². The Kier molecular flexibility index (Phi) is 4.31. The van der Waals surface area contributed by atoms with Crippen LogP contribution in [-0.4, -0.2) is 7.05 Å². The highest BCUT2D eigenvalue weighted by Gasteiger charge is 2.14.